The second-order valence-electron chi connectivity index (χ2n) is 4.79. The lowest BCUT2D eigenvalue weighted by atomic mass is 10.1. The van der Waals surface area contributed by atoms with Crippen LogP contribution in [0, 0.1) is 11.6 Å². The van der Waals surface area contributed by atoms with Crippen LogP contribution in [0.3, 0.4) is 0 Å². The van der Waals surface area contributed by atoms with Gasteiger partial charge in [0.1, 0.15) is 0 Å². The van der Waals surface area contributed by atoms with Crippen LogP contribution in [0.25, 0.3) is 0 Å². The van der Waals surface area contributed by atoms with Crippen LogP contribution in [0.5, 0.6) is 0 Å². The highest BCUT2D eigenvalue weighted by molar-refractivity contribution is 7.13. The van der Waals surface area contributed by atoms with E-state index in [2.05, 4.69) is 15.5 Å². The number of benzene rings is 1. The number of esters is 1. The minimum Gasteiger partial charge on any atom is -0.466 e. The Bertz CT molecular complexity index is 747. The molecule has 1 aromatic carbocycles. The number of carbonyl (C=O) groups excluding carboxylic acids is 1. The molecule has 0 aliphatic rings. The number of ether oxygens (including phenoxy) is 1. The van der Waals surface area contributed by atoms with Crippen molar-refractivity contribution >= 4 is 28.7 Å². The van der Waals surface area contributed by atoms with Gasteiger partial charge in [-0.2, -0.15) is 5.10 Å². The Labute approximate surface area is 142 Å². The molecule has 5 nitrogen and oxygen atoms in total. The van der Waals surface area contributed by atoms with Crippen molar-refractivity contribution in [3.63, 3.8) is 0 Å². The second-order valence-corrected chi connectivity index (χ2v) is 5.65. The van der Waals surface area contributed by atoms with Crippen molar-refractivity contribution in [2.45, 2.75) is 26.7 Å². The molecule has 0 fully saturated rings. The minimum absolute atomic E-state index is 0.0421. The zero-order valence-corrected chi connectivity index (χ0v) is 14.1. The van der Waals surface area contributed by atoms with Gasteiger partial charge in [-0.15, -0.1) is 11.3 Å². The summed E-state index contributed by atoms with van der Waals surface area (Å²) in [4.78, 5) is 15.5. The molecule has 0 radical (unpaired) electrons. The van der Waals surface area contributed by atoms with Crippen LogP contribution >= 0.6 is 11.3 Å². The number of carbonyl (C=O) groups is 1. The molecule has 1 aromatic heterocycles. The van der Waals surface area contributed by atoms with Gasteiger partial charge < -0.3 is 4.74 Å². The Balaban J connectivity index is 1.99. The molecule has 0 aliphatic carbocycles. The summed E-state index contributed by atoms with van der Waals surface area (Å²) in [5.41, 5.74) is 3.55. The summed E-state index contributed by atoms with van der Waals surface area (Å²) < 4.78 is 32.4. The summed E-state index contributed by atoms with van der Waals surface area (Å²) >= 11 is 1.25. The fraction of sp³-hybridized carbons (Fsp3) is 0.312. The lowest BCUT2D eigenvalue weighted by Gasteiger charge is -2.03. The van der Waals surface area contributed by atoms with Gasteiger partial charge in [-0.1, -0.05) is 13.0 Å². The Morgan fingerprint density at radius 3 is 2.88 bits per heavy atom. The van der Waals surface area contributed by atoms with Gasteiger partial charge in [-0.05, 0) is 25.0 Å². The zero-order chi connectivity index (χ0) is 17.5. The van der Waals surface area contributed by atoms with Crippen molar-refractivity contribution in [2.24, 2.45) is 5.10 Å². The first-order valence-corrected chi connectivity index (χ1v) is 8.29. The summed E-state index contributed by atoms with van der Waals surface area (Å²) in [6.07, 6.45) is 1.68. The third kappa shape index (κ3) is 4.58. The van der Waals surface area contributed by atoms with E-state index in [4.69, 9.17) is 4.74 Å². The van der Waals surface area contributed by atoms with Gasteiger partial charge in [-0.25, -0.2) is 13.8 Å². The van der Waals surface area contributed by atoms with Gasteiger partial charge >= 0.3 is 5.97 Å². The highest BCUT2D eigenvalue weighted by atomic mass is 32.1. The van der Waals surface area contributed by atoms with Crippen LogP contribution in [-0.4, -0.2) is 23.8 Å². The molecule has 0 aliphatic heterocycles. The van der Waals surface area contributed by atoms with Crippen LogP contribution < -0.4 is 5.43 Å². The molecule has 0 atom stereocenters. The molecular weight excluding hydrogens is 336 g/mol. The van der Waals surface area contributed by atoms with Crippen LogP contribution in [0.2, 0.25) is 0 Å². The molecule has 0 saturated carbocycles. The number of thiazole rings is 1. The predicted molar refractivity (Wildman–Crippen MR) is 89.4 cm³/mol. The number of hydrazone groups is 1. The number of aromatic nitrogens is 1. The van der Waals surface area contributed by atoms with Crippen LogP contribution in [0.1, 0.15) is 30.7 Å². The summed E-state index contributed by atoms with van der Waals surface area (Å²) in [6.45, 7) is 3.80. The van der Waals surface area contributed by atoms with E-state index in [9.17, 15) is 13.6 Å². The summed E-state index contributed by atoms with van der Waals surface area (Å²) in [5, 5.41) is 5.99. The molecule has 2 aromatic rings. The number of hydrogen-bond donors (Lipinski definition) is 1. The monoisotopic (exact) mass is 353 g/mol. The topological polar surface area (TPSA) is 63.6 Å². The van der Waals surface area contributed by atoms with E-state index < -0.39 is 11.6 Å². The number of hydrogen-bond acceptors (Lipinski definition) is 6. The number of nitrogens with zero attached hydrogens (tertiary/aromatic N) is 2. The first-order valence-electron chi connectivity index (χ1n) is 7.41. The quantitative estimate of drug-likeness (QED) is 0.470. The highest BCUT2D eigenvalue weighted by Crippen LogP contribution is 2.17. The van der Waals surface area contributed by atoms with E-state index in [0.29, 0.717) is 29.4 Å². The maximum atomic E-state index is 13.8. The molecule has 24 heavy (non-hydrogen) atoms. The van der Waals surface area contributed by atoms with E-state index in [-0.39, 0.29) is 18.0 Å². The van der Waals surface area contributed by atoms with Crippen LogP contribution in [0.4, 0.5) is 13.9 Å². The highest BCUT2D eigenvalue weighted by Gasteiger charge is 2.11. The molecule has 0 bridgehead atoms. The van der Waals surface area contributed by atoms with Gasteiger partial charge in [0.2, 0.25) is 5.13 Å². The van der Waals surface area contributed by atoms with Gasteiger partial charge in [0, 0.05) is 10.9 Å². The molecule has 8 heteroatoms. The normalized spacial score (nSPS) is 11.0. The molecule has 1 N–H and O–H groups in total. The van der Waals surface area contributed by atoms with Crippen molar-refractivity contribution in [1.29, 1.82) is 0 Å². The summed E-state index contributed by atoms with van der Waals surface area (Å²) in [7, 11) is 0. The van der Waals surface area contributed by atoms with E-state index in [1.165, 1.54) is 29.7 Å². The Kier molecular flexibility index (Phi) is 6.36. The van der Waals surface area contributed by atoms with Crippen LogP contribution in [-0.2, 0) is 22.4 Å². The van der Waals surface area contributed by atoms with Crippen molar-refractivity contribution in [1.82, 2.24) is 4.98 Å². The lowest BCUT2D eigenvalue weighted by Crippen LogP contribution is -2.07. The number of aryl methyl sites for hydroxylation is 1. The molecule has 0 saturated heterocycles. The zero-order valence-electron chi connectivity index (χ0n) is 13.3. The molecule has 1 heterocycles. The number of halogens is 2. The Morgan fingerprint density at radius 1 is 1.38 bits per heavy atom. The van der Waals surface area contributed by atoms with E-state index in [0.717, 1.165) is 0 Å². The third-order valence-electron chi connectivity index (χ3n) is 3.12. The van der Waals surface area contributed by atoms with Gasteiger partial charge in [-0.3, -0.25) is 10.2 Å². The molecular formula is C16H17F2N3O2S. The average Bonchev–Trinajstić information content (AvgIpc) is 2.99. The van der Waals surface area contributed by atoms with Crippen molar-refractivity contribution in [3.8, 4) is 0 Å². The standard InChI is InChI=1S/C16H17F2N3O2S/c1-3-10-5-6-11(15(18)14(10)17)8-19-21-16-20-12(9-24-16)7-13(22)23-4-2/h5-6,8-9H,3-4,7H2,1-2H3,(H,20,21). The molecule has 128 valence electrons. The van der Waals surface area contributed by atoms with Crippen molar-refractivity contribution in [2.75, 3.05) is 12.0 Å². The largest absolute Gasteiger partial charge is 0.466 e. The smallest absolute Gasteiger partial charge is 0.311 e. The molecule has 0 unspecified atom stereocenters. The van der Waals surface area contributed by atoms with Crippen LogP contribution in [0.15, 0.2) is 22.6 Å². The SMILES string of the molecule is CCOC(=O)Cc1csc(NN=Cc2ccc(CC)c(F)c2F)n1. The lowest BCUT2D eigenvalue weighted by molar-refractivity contribution is -0.142. The van der Waals surface area contributed by atoms with Gasteiger partial charge in [0.25, 0.3) is 0 Å². The fourth-order valence-corrected chi connectivity index (χ4v) is 2.59. The van der Waals surface area contributed by atoms with E-state index in [1.54, 1.807) is 19.2 Å². The molecule has 2 rings (SSSR count). The summed E-state index contributed by atoms with van der Waals surface area (Å²) in [5.74, 6) is -2.14. The number of anilines is 1. The first kappa shape index (κ1) is 18.0. The second kappa shape index (κ2) is 8.49. The maximum absolute atomic E-state index is 13.8. The predicted octanol–water partition coefficient (Wildman–Crippen LogP) is 3.54. The average molecular weight is 353 g/mol. The van der Waals surface area contributed by atoms with E-state index >= 15 is 0 Å². The Hall–Kier alpha value is -2.35. The number of rotatable bonds is 7. The van der Waals surface area contributed by atoms with Crippen molar-refractivity contribution < 1.29 is 18.3 Å². The Morgan fingerprint density at radius 2 is 2.17 bits per heavy atom. The molecule has 0 spiro atoms. The van der Waals surface area contributed by atoms with Gasteiger partial charge in [0.15, 0.2) is 11.6 Å². The maximum Gasteiger partial charge on any atom is 0.311 e. The molecule has 0 amide bonds. The van der Waals surface area contributed by atoms with Crippen molar-refractivity contribution in [3.05, 3.63) is 46.0 Å². The summed E-state index contributed by atoms with van der Waals surface area (Å²) in [6, 6.07) is 3.00. The number of nitrogens with one attached hydrogen (secondary N) is 1. The third-order valence-corrected chi connectivity index (χ3v) is 3.92. The van der Waals surface area contributed by atoms with Gasteiger partial charge in [0.05, 0.1) is 24.9 Å². The first-order chi connectivity index (χ1) is 11.5. The minimum atomic E-state index is -0.929. The fourth-order valence-electron chi connectivity index (χ4n) is 1.93. The van der Waals surface area contributed by atoms with E-state index in [1.807, 2.05) is 0 Å².